The summed E-state index contributed by atoms with van der Waals surface area (Å²) in [7, 11) is 0. The molecule has 32 heavy (non-hydrogen) atoms. The van der Waals surface area contributed by atoms with Gasteiger partial charge in [-0.25, -0.2) is 14.8 Å². The van der Waals surface area contributed by atoms with Gasteiger partial charge in [0.15, 0.2) is 0 Å². The summed E-state index contributed by atoms with van der Waals surface area (Å²) in [6.45, 7) is 0.487. The molecule has 168 valence electrons. The van der Waals surface area contributed by atoms with E-state index in [-0.39, 0.29) is 19.4 Å². The summed E-state index contributed by atoms with van der Waals surface area (Å²) >= 11 is 5.92. The average molecular weight is 459 g/mol. The number of hydrogen-bond donors (Lipinski definition) is 5. The maximum atomic E-state index is 13.3. The number of aliphatic hydroxyl groups excluding tert-OH is 1. The number of nitrogens with zero attached hydrogens (tertiary/aromatic N) is 3. The summed E-state index contributed by atoms with van der Waals surface area (Å²) < 4.78 is 0. The summed E-state index contributed by atoms with van der Waals surface area (Å²) in [6.07, 6.45) is 2.44. The number of aromatic nitrogens is 3. The Labute approximate surface area is 188 Å². The Kier molecular flexibility index (Phi) is 6.15. The second-order valence-corrected chi connectivity index (χ2v) is 8.13. The highest BCUT2D eigenvalue weighted by atomic mass is 35.5. The van der Waals surface area contributed by atoms with Crippen LogP contribution in [0, 0.1) is 0 Å². The Morgan fingerprint density at radius 2 is 1.91 bits per heavy atom. The highest BCUT2D eigenvalue weighted by Gasteiger charge is 2.44. The van der Waals surface area contributed by atoms with E-state index in [4.69, 9.17) is 11.6 Å². The average Bonchev–Trinajstić information content (AvgIpc) is 3.27. The number of piperidine rings is 1. The largest absolute Gasteiger partial charge is 0.465 e. The molecule has 0 saturated carbocycles. The molecule has 2 amide bonds. The van der Waals surface area contributed by atoms with Crippen molar-refractivity contribution in [1.82, 2.24) is 25.6 Å². The molecule has 0 radical (unpaired) electrons. The Morgan fingerprint density at radius 1 is 1.19 bits per heavy atom. The van der Waals surface area contributed by atoms with E-state index in [1.54, 1.807) is 30.5 Å². The lowest BCUT2D eigenvalue weighted by atomic mass is 9.86. The van der Waals surface area contributed by atoms with Gasteiger partial charge < -0.3 is 30.7 Å². The van der Waals surface area contributed by atoms with Crippen LogP contribution in [0.2, 0.25) is 5.02 Å². The number of fused-ring (bicyclic) bond motifs is 1. The number of H-pyrrole nitrogens is 1. The summed E-state index contributed by atoms with van der Waals surface area (Å²) in [5.74, 6) is 0.248. The van der Waals surface area contributed by atoms with Crippen LogP contribution in [0.4, 0.5) is 10.6 Å². The van der Waals surface area contributed by atoms with Gasteiger partial charge in [-0.05, 0) is 36.6 Å². The van der Waals surface area contributed by atoms with Crippen LogP contribution in [0.1, 0.15) is 24.4 Å². The summed E-state index contributed by atoms with van der Waals surface area (Å²) in [6, 6.07) is 7.94. The van der Waals surface area contributed by atoms with Crippen LogP contribution in [0.5, 0.6) is 0 Å². The molecule has 4 rings (SSSR count). The van der Waals surface area contributed by atoms with Gasteiger partial charge in [-0.15, -0.1) is 0 Å². The molecule has 0 spiro atoms. The number of halogens is 1. The zero-order chi connectivity index (χ0) is 22.7. The third kappa shape index (κ3) is 4.32. The predicted octanol–water partition coefficient (Wildman–Crippen LogP) is 2.07. The number of hydrogen-bond acceptors (Lipinski definition) is 6. The van der Waals surface area contributed by atoms with E-state index >= 15 is 0 Å². The van der Waals surface area contributed by atoms with Crippen molar-refractivity contribution in [2.45, 2.75) is 24.4 Å². The Morgan fingerprint density at radius 3 is 2.56 bits per heavy atom. The number of aliphatic hydroxyl groups is 1. The molecule has 2 aromatic heterocycles. The van der Waals surface area contributed by atoms with Crippen molar-refractivity contribution in [3.63, 3.8) is 0 Å². The summed E-state index contributed by atoms with van der Waals surface area (Å²) in [5, 5.41) is 25.9. The standard InChI is InChI=1S/C21H23ClN6O4/c22-14-3-1-13(2-4-14)16(11-29)26-19(30)21(27-20(31)32)6-9-28(10-7-21)18-15-5-8-23-17(15)24-12-25-18/h1-5,8,12,16,27,29H,6-7,9-11H2,(H,26,30)(H,31,32)(H,23,24,25). The van der Waals surface area contributed by atoms with Crippen molar-refractivity contribution in [2.75, 3.05) is 24.6 Å². The van der Waals surface area contributed by atoms with E-state index < -0.39 is 23.6 Å². The smallest absolute Gasteiger partial charge is 0.405 e. The first-order valence-corrected chi connectivity index (χ1v) is 10.5. The van der Waals surface area contributed by atoms with Gasteiger partial charge in [0.1, 0.15) is 23.3 Å². The number of carbonyl (C=O) groups is 2. The van der Waals surface area contributed by atoms with Gasteiger partial charge in [0.05, 0.1) is 18.0 Å². The molecule has 5 N–H and O–H groups in total. The zero-order valence-electron chi connectivity index (χ0n) is 17.1. The lowest BCUT2D eigenvalue weighted by Gasteiger charge is -2.41. The third-order valence-corrected chi connectivity index (χ3v) is 6.04. The molecule has 3 heterocycles. The van der Waals surface area contributed by atoms with E-state index in [1.807, 2.05) is 11.0 Å². The first-order valence-electron chi connectivity index (χ1n) is 10.1. The van der Waals surface area contributed by atoms with Crippen molar-refractivity contribution >= 4 is 40.5 Å². The molecule has 0 bridgehead atoms. The maximum Gasteiger partial charge on any atom is 0.405 e. The molecule has 1 fully saturated rings. The van der Waals surface area contributed by atoms with E-state index in [9.17, 15) is 19.8 Å². The van der Waals surface area contributed by atoms with Crippen molar-refractivity contribution in [1.29, 1.82) is 0 Å². The highest BCUT2D eigenvalue weighted by Crippen LogP contribution is 2.30. The van der Waals surface area contributed by atoms with Crippen LogP contribution in [-0.4, -0.2) is 62.4 Å². The molecule has 1 saturated heterocycles. The van der Waals surface area contributed by atoms with Gasteiger partial charge in [-0.1, -0.05) is 23.7 Å². The fourth-order valence-corrected chi connectivity index (χ4v) is 4.18. The second-order valence-electron chi connectivity index (χ2n) is 7.70. The predicted molar refractivity (Wildman–Crippen MR) is 119 cm³/mol. The van der Waals surface area contributed by atoms with Crippen LogP contribution < -0.4 is 15.5 Å². The number of carboxylic acid groups (broad SMARTS) is 1. The van der Waals surface area contributed by atoms with Crippen molar-refractivity contribution in [2.24, 2.45) is 0 Å². The molecule has 1 aromatic carbocycles. The monoisotopic (exact) mass is 458 g/mol. The molecular formula is C21H23ClN6O4. The zero-order valence-corrected chi connectivity index (χ0v) is 17.8. The van der Waals surface area contributed by atoms with Crippen LogP contribution in [-0.2, 0) is 4.79 Å². The van der Waals surface area contributed by atoms with Gasteiger partial charge in [0, 0.05) is 24.3 Å². The fraction of sp³-hybridized carbons (Fsp3) is 0.333. The lowest BCUT2D eigenvalue weighted by molar-refractivity contribution is -0.129. The number of nitrogens with one attached hydrogen (secondary N) is 3. The number of benzene rings is 1. The topological polar surface area (TPSA) is 143 Å². The molecule has 1 atom stereocenters. The molecule has 3 aromatic rings. The Balaban J connectivity index is 1.52. The highest BCUT2D eigenvalue weighted by molar-refractivity contribution is 6.30. The maximum absolute atomic E-state index is 13.3. The summed E-state index contributed by atoms with van der Waals surface area (Å²) in [5.41, 5.74) is 0.0536. The normalized spacial score (nSPS) is 16.5. The minimum Gasteiger partial charge on any atom is -0.465 e. The van der Waals surface area contributed by atoms with Crippen LogP contribution >= 0.6 is 11.6 Å². The number of carbonyl (C=O) groups excluding carboxylic acids is 1. The molecule has 0 aliphatic carbocycles. The van der Waals surface area contributed by atoms with Gasteiger partial charge in [0.25, 0.3) is 0 Å². The quantitative estimate of drug-likeness (QED) is 0.380. The van der Waals surface area contributed by atoms with E-state index in [2.05, 4.69) is 25.6 Å². The van der Waals surface area contributed by atoms with Crippen LogP contribution in [0.15, 0.2) is 42.9 Å². The molecule has 1 aliphatic rings. The minimum atomic E-state index is -1.33. The number of rotatable bonds is 6. The van der Waals surface area contributed by atoms with E-state index in [0.717, 1.165) is 11.2 Å². The number of amides is 2. The molecule has 10 nitrogen and oxygen atoms in total. The van der Waals surface area contributed by atoms with Crippen molar-refractivity contribution < 1.29 is 19.8 Å². The first kappa shape index (κ1) is 21.8. The van der Waals surface area contributed by atoms with Crippen molar-refractivity contribution in [3.8, 4) is 0 Å². The van der Waals surface area contributed by atoms with E-state index in [1.165, 1.54) is 6.33 Å². The minimum absolute atomic E-state index is 0.236. The van der Waals surface area contributed by atoms with Crippen LogP contribution in [0.3, 0.4) is 0 Å². The summed E-state index contributed by atoms with van der Waals surface area (Å²) in [4.78, 5) is 38.4. The Hall–Kier alpha value is -3.37. The van der Waals surface area contributed by atoms with Crippen LogP contribution in [0.25, 0.3) is 11.0 Å². The molecule has 1 unspecified atom stereocenters. The van der Waals surface area contributed by atoms with Gasteiger partial charge in [-0.2, -0.15) is 0 Å². The molecular weight excluding hydrogens is 436 g/mol. The van der Waals surface area contributed by atoms with E-state index in [0.29, 0.717) is 29.3 Å². The van der Waals surface area contributed by atoms with Gasteiger partial charge >= 0.3 is 6.09 Å². The third-order valence-electron chi connectivity index (χ3n) is 5.79. The first-order chi connectivity index (χ1) is 15.4. The molecule has 11 heteroatoms. The van der Waals surface area contributed by atoms with Gasteiger partial charge in [0.2, 0.25) is 5.91 Å². The number of aromatic amines is 1. The SMILES string of the molecule is O=C(O)NC1(C(=O)NC(CO)c2ccc(Cl)cc2)CCN(c2ncnc3[nH]ccc23)CC1. The van der Waals surface area contributed by atoms with Crippen molar-refractivity contribution in [3.05, 3.63) is 53.4 Å². The molecule has 1 aliphatic heterocycles. The second kappa shape index (κ2) is 9.01. The Bertz CT molecular complexity index is 1110. The lowest BCUT2D eigenvalue weighted by Crippen LogP contribution is -2.63. The van der Waals surface area contributed by atoms with Gasteiger partial charge in [-0.3, -0.25) is 4.79 Å². The fourth-order valence-electron chi connectivity index (χ4n) is 4.05. The number of anilines is 1.